The Bertz CT molecular complexity index is 3090. The predicted octanol–water partition coefficient (Wildman–Crippen LogP) is 19.0. The summed E-state index contributed by atoms with van der Waals surface area (Å²) in [7, 11) is 0. The zero-order valence-corrected chi connectivity index (χ0v) is 38.9. The van der Waals surface area contributed by atoms with Gasteiger partial charge in [0.2, 0.25) is 0 Å². The fraction of sp³-hybridized carbons (Fsp3) is 0. The quantitative estimate of drug-likeness (QED) is 0.0946. The van der Waals surface area contributed by atoms with Gasteiger partial charge in [-0.05, 0) is 128 Å². The highest BCUT2D eigenvalue weighted by Gasteiger charge is 2.15. The molecular formula is C68H52N2. The molecule has 10 rings (SSSR count). The molecule has 0 atom stereocenters. The Morgan fingerprint density at radius 3 is 0.571 bits per heavy atom. The number of rotatable bonds is 15. The van der Waals surface area contributed by atoms with E-state index in [1.807, 2.05) is 12.1 Å². The lowest BCUT2D eigenvalue weighted by Crippen LogP contribution is -2.10. The second kappa shape index (κ2) is 22.0. The van der Waals surface area contributed by atoms with E-state index in [9.17, 15) is 0 Å². The Kier molecular flexibility index (Phi) is 14.0. The van der Waals surface area contributed by atoms with E-state index >= 15 is 0 Å². The van der Waals surface area contributed by atoms with Gasteiger partial charge in [0.05, 0.1) is 0 Å². The molecule has 0 aliphatic rings. The van der Waals surface area contributed by atoms with Crippen molar-refractivity contribution >= 4 is 82.7 Å². The molecule has 0 unspecified atom stereocenters. The predicted molar refractivity (Wildman–Crippen MR) is 303 cm³/mol. The van der Waals surface area contributed by atoms with Crippen LogP contribution in [0.2, 0.25) is 0 Å². The van der Waals surface area contributed by atoms with E-state index in [1.54, 1.807) is 0 Å². The number of anilines is 6. The SMILES string of the molecule is C(=Cc1ccc(C=Cc2ccc(N(c3ccccc3)c3ccc(-c4ccc(N(c5ccccc5)c5ccc(C=Cc6ccc(C=Cc7ccccc7)cc6)cc5)cc4)cc3)cc2)cc1)c1ccccc1. The molecule has 0 aliphatic heterocycles. The Morgan fingerprint density at radius 2 is 0.329 bits per heavy atom. The van der Waals surface area contributed by atoms with E-state index in [0.717, 1.165) is 67.5 Å². The van der Waals surface area contributed by atoms with Crippen molar-refractivity contribution in [3.05, 3.63) is 311 Å². The summed E-state index contributed by atoms with van der Waals surface area (Å²) in [5.41, 5.74) is 18.3. The van der Waals surface area contributed by atoms with Crippen molar-refractivity contribution in [1.82, 2.24) is 0 Å². The molecule has 2 heteroatoms. The van der Waals surface area contributed by atoms with E-state index in [4.69, 9.17) is 0 Å². The summed E-state index contributed by atoms with van der Waals surface area (Å²) in [5, 5.41) is 0. The fourth-order valence-electron chi connectivity index (χ4n) is 8.46. The lowest BCUT2D eigenvalue weighted by atomic mass is 10.0. The largest absolute Gasteiger partial charge is 0.311 e. The molecule has 0 spiro atoms. The molecule has 70 heavy (non-hydrogen) atoms. The summed E-state index contributed by atoms with van der Waals surface area (Å²) >= 11 is 0. The van der Waals surface area contributed by atoms with Gasteiger partial charge in [0.1, 0.15) is 0 Å². The van der Waals surface area contributed by atoms with Gasteiger partial charge in [-0.2, -0.15) is 0 Å². The minimum absolute atomic E-state index is 1.09. The van der Waals surface area contributed by atoms with Crippen LogP contribution in [-0.4, -0.2) is 0 Å². The van der Waals surface area contributed by atoms with Crippen molar-refractivity contribution in [3.8, 4) is 11.1 Å². The molecule has 0 fully saturated rings. The molecule has 0 amide bonds. The molecule has 10 aromatic rings. The minimum Gasteiger partial charge on any atom is -0.311 e. The van der Waals surface area contributed by atoms with Gasteiger partial charge in [-0.3, -0.25) is 0 Å². The first-order chi connectivity index (χ1) is 34.7. The van der Waals surface area contributed by atoms with E-state index in [1.165, 1.54) is 22.3 Å². The van der Waals surface area contributed by atoms with Crippen LogP contribution in [0.3, 0.4) is 0 Å². The average molecular weight is 897 g/mol. The number of para-hydroxylation sites is 2. The summed E-state index contributed by atoms with van der Waals surface area (Å²) in [6.45, 7) is 0. The Balaban J connectivity index is 0.820. The van der Waals surface area contributed by atoms with Crippen molar-refractivity contribution in [2.24, 2.45) is 0 Å². The van der Waals surface area contributed by atoms with Crippen LogP contribution in [0.5, 0.6) is 0 Å². The molecule has 0 radical (unpaired) electrons. The van der Waals surface area contributed by atoms with Gasteiger partial charge in [-0.15, -0.1) is 0 Å². The molecule has 10 aromatic carbocycles. The molecule has 0 aromatic heterocycles. The van der Waals surface area contributed by atoms with E-state index in [0.29, 0.717) is 0 Å². The summed E-state index contributed by atoms with van der Waals surface area (Å²) < 4.78 is 0. The van der Waals surface area contributed by atoms with Crippen LogP contribution in [0.4, 0.5) is 34.1 Å². The zero-order valence-electron chi connectivity index (χ0n) is 38.9. The molecule has 0 aliphatic carbocycles. The number of hydrogen-bond donors (Lipinski definition) is 0. The monoisotopic (exact) mass is 896 g/mol. The van der Waals surface area contributed by atoms with Gasteiger partial charge in [-0.1, -0.05) is 243 Å². The third kappa shape index (κ3) is 11.5. The zero-order chi connectivity index (χ0) is 47.2. The molecule has 0 bridgehead atoms. The van der Waals surface area contributed by atoms with Crippen LogP contribution >= 0.6 is 0 Å². The van der Waals surface area contributed by atoms with Crippen LogP contribution in [0.15, 0.2) is 267 Å². The van der Waals surface area contributed by atoms with E-state index < -0.39 is 0 Å². The number of nitrogens with zero attached hydrogens (tertiary/aromatic N) is 2. The standard InChI is InChI=1S/C68H52N2/c1-5-13-53(14-6-1)21-23-55-25-29-57(30-26-55)33-35-59-37-45-65(46-38-59)69(63-17-9-3-10-18-63)67-49-41-61(42-50-67)62-43-51-68(52-44-62)70(64-19-11-4-12-20-64)66-47-39-60(40-48-66)36-34-58-31-27-56(28-32-58)24-22-54-15-7-2-8-16-54/h1-52H. The molecule has 0 N–H and O–H groups in total. The van der Waals surface area contributed by atoms with Crippen molar-refractivity contribution in [1.29, 1.82) is 0 Å². The Hall–Kier alpha value is -9.24. The van der Waals surface area contributed by atoms with Crippen molar-refractivity contribution in [2.75, 3.05) is 9.80 Å². The molecule has 0 heterocycles. The Morgan fingerprint density at radius 1 is 0.157 bits per heavy atom. The van der Waals surface area contributed by atoms with E-state index in [-0.39, 0.29) is 0 Å². The third-order valence-electron chi connectivity index (χ3n) is 12.3. The van der Waals surface area contributed by atoms with Gasteiger partial charge in [0.25, 0.3) is 0 Å². The van der Waals surface area contributed by atoms with E-state index in [2.05, 4.69) is 313 Å². The number of benzene rings is 10. The molecule has 2 nitrogen and oxygen atoms in total. The maximum absolute atomic E-state index is 2.31. The van der Waals surface area contributed by atoms with Gasteiger partial charge < -0.3 is 9.80 Å². The van der Waals surface area contributed by atoms with Crippen LogP contribution in [0.25, 0.3) is 59.7 Å². The van der Waals surface area contributed by atoms with Gasteiger partial charge >= 0.3 is 0 Å². The van der Waals surface area contributed by atoms with Gasteiger partial charge in [0, 0.05) is 34.1 Å². The lowest BCUT2D eigenvalue weighted by Gasteiger charge is -2.26. The first-order valence-electron chi connectivity index (χ1n) is 23.8. The minimum atomic E-state index is 1.09. The summed E-state index contributed by atoms with van der Waals surface area (Å²) in [5.74, 6) is 0. The second-order valence-electron chi connectivity index (χ2n) is 17.1. The summed E-state index contributed by atoms with van der Waals surface area (Å²) in [6.07, 6.45) is 17.3. The topological polar surface area (TPSA) is 6.48 Å². The van der Waals surface area contributed by atoms with Gasteiger partial charge in [0.15, 0.2) is 0 Å². The van der Waals surface area contributed by atoms with Crippen LogP contribution in [0, 0.1) is 0 Å². The maximum atomic E-state index is 2.31. The molecular weight excluding hydrogens is 845 g/mol. The Labute approximate surface area is 413 Å². The van der Waals surface area contributed by atoms with Gasteiger partial charge in [-0.25, -0.2) is 0 Å². The second-order valence-corrected chi connectivity index (χ2v) is 17.1. The molecule has 334 valence electrons. The fourth-order valence-corrected chi connectivity index (χ4v) is 8.46. The normalized spacial score (nSPS) is 11.5. The first kappa shape index (κ1) is 44.6. The highest BCUT2D eigenvalue weighted by Crippen LogP contribution is 2.38. The summed E-state index contributed by atoms with van der Waals surface area (Å²) in [6, 6.07) is 94.5. The maximum Gasteiger partial charge on any atom is 0.0462 e. The van der Waals surface area contributed by atoms with Crippen molar-refractivity contribution < 1.29 is 0 Å². The third-order valence-corrected chi connectivity index (χ3v) is 12.3. The highest BCUT2D eigenvalue weighted by molar-refractivity contribution is 5.83. The first-order valence-corrected chi connectivity index (χ1v) is 23.8. The average Bonchev–Trinajstić information content (AvgIpc) is 3.44. The molecule has 0 saturated heterocycles. The van der Waals surface area contributed by atoms with Crippen LogP contribution in [0.1, 0.15) is 44.5 Å². The van der Waals surface area contributed by atoms with Crippen molar-refractivity contribution in [2.45, 2.75) is 0 Å². The van der Waals surface area contributed by atoms with Crippen molar-refractivity contribution in [3.63, 3.8) is 0 Å². The van der Waals surface area contributed by atoms with Crippen LogP contribution < -0.4 is 9.80 Å². The highest BCUT2D eigenvalue weighted by atomic mass is 15.1. The summed E-state index contributed by atoms with van der Waals surface area (Å²) in [4.78, 5) is 4.62. The number of hydrogen-bond acceptors (Lipinski definition) is 2. The van der Waals surface area contributed by atoms with Crippen LogP contribution in [-0.2, 0) is 0 Å². The smallest absolute Gasteiger partial charge is 0.0462 e. The molecule has 0 saturated carbocycles. The lowest BCUT2D eigenvalue weighted by molar-refractivity contribution is 1.28.